The molecule has 0 saturated heterocycles. The minimum Gasteiger partial charge on any atom is -0.429 e. The van der Waals surface area contributed by atoms with E-state index in [1.165, 1.54) is 36.4 Å². The molecule has 0 unspecified atom stereocenters. The molecule has 5 rings (SSSR count). The number of hydrogen-bond donors (Lipinski definition) is 0. The Bertz CT molecular complexity index is 1870. The highest BCUT2D eigenvalue weighted by atomic mass is 19.3. The number of carbonyl (C=O) groups is 1. The molecule has 0 aromatic heterocycles. The van der Waals surface area contributed by atoms with Gasteiger partial charge in [-0.1, -0.05) is 56.2 Å². The molecule has 0 saturated carbocycles. The third-order valence-electron chi connectivity index (χ3n) is 7.42. The number of halogens is 7. The number of hydrogen-bond acceptors (Lipinski definition) is 3. The molecule has 0 atom stereocenters. The summed E-state index contributed by atoms with van der Waals surface area (Å²) in [4.78, 5) is 12.5. The normalized spacial score (nSPS) is 11.4. The molecule has 0 amide bonds. The molecule has 242 valence electrons. The average molecular weight is 653 g/mol. The van der Waals surface area contributed by atoms with Crippen molar-refractivity contribution in [1.82, 2.24) is 0 Å². The van der Waals surface area contributed by atoms with Crippen LogP contribution in [-0.4, -0.2) is 5.97 Å². The first-order chi connectivity index (χ1) is 22.4. The summed E-state index contributed by atoms with van der Waals surface area (Å²) in [6.45, 7) is 2.10. The monoisotopic (exact) mass is 652 g/mol. The van der Waals surface area contributed by atoms with Crippen LogP contribution in [-0.2, 0) is 12.5 Å². The molecule has 5 aromatic rings. The number of esters is 1. The van der Waals surface area contributed by atoms with Gasteiger partial charge in [0, 0.05) is 11.6 Å². The molecule has 3 nitrogen and oxygen atoms in total. The third kappa shape index (κ3) is 7.82. The van der Waals surface area contributed by atoms with Gasteiger partial charge in [-0.3, -0.25) is 0 Å². The molecule has 0 aliphatic rings. The quantitative estimate of drug-likeness (QED) is 0.0468. The highest BCUT2D eigenvalue weighted by Gasteiger charge is 2.38. The Morgan fingerprint density at radius 2 is 1.26 bits per heavy atom. The molecule has 0 fully saturated rings. The van der Waals surface area contributed by atoms with Gasteiger partial charge in [0.25, 0.3) is 0 Å². The van der Waals surface area contributed by atoms with Crippen LogP contribution in [0.1, 0.15) is 47.7 Å². The van der Waals surface area contributed by atoms with Crippen molar-refractivity contribution in [1.29, 1.82) is 0 Å². The van der Waals surface area contributed by atoms with Crippen molar-refractivity contribution in [2.75, 3.05) is 0 Å². The molecule has 47 heavy (non-hydrogen) atoms. The van der Waals surface area contributed by atoms with Crippen molar-refractivity contribution in [2.24, 2.45) is 0 Å². The van der Waals surface area contributed by atoms with E-state index in [-0.39, 0.29) is 28.2 Å². The summed E-state index contributed by atoms with van der Waals surface area (Å²) in [6, 6.07) is 19.3. The Balaban J connectivity index is 1.24. The summed E-state index contributed by atoms with van der Waals surface area (Å²) < 4.78 is 110. The molecule has 0 bridgehead atoms. The smallest absolute Gasteiger partial charge is 0.429 e. The molecule has 0 aliphatic carbocycles. The molecule has 0 N–H and O–H groups in total. The van der Waals surface area contributed by atoms with Gasteiger partial charge < -0.3 is 9.47 Å². The lowest BCUT2D eigenvalue weighted by molar-refractivity contribution is -0.187. The zero-order valence-electron chi connectivity index (χ0n) is 24.9. The zero-order chi connectivity index (χ0) is 33.7. The van der Waals surface area contributed by atoms with Crippen LogP contribution in [0.25, 0.3) is 22.3 Å². The van der Waals surface area contributed by atoms with Crippen LogP contribution in [0.4, 0.5) is 30.7 Å². The molecular weight excluding hydrogens is 625 g/mol. The maximum Gasteiger partial charge on any atom is 0.429 e. The van der Waals surface area contributed by atoms with Crippen molar-refractivity contribution in [3.8, 4) is 33.8 Å². The molecular formula is C37H27F7O3. The van der Waals surface area contributed by atoms with Crippen molar-refractivity contribution in [2.45, 2.75) is 38.7 Å². The first kappa shape index (κ1) is 33.2. The van der Waals surface area contributed by atoms with E-state index in [1.807, 2.05) is 0 Å². The number of benzene rings is 5. The first-order valence-electron chi connectivity index (χ1n) is 14.7. The van der Waals surface area contributed by atoms with Crippen LogP contribution in [0.15, 0.2) is 97.1 Å². The largest absolute Gasteiger partial charge is 0.429 e. The molecule has 0 aliphatic heterocycles. The van der Waals surface area contributed by atoms with Gasteiger partial charge in [-0.25, -0.2) is 26.7 Å². The molecule has 0 spiro atoms. The first-order valence-corrected chi connectivity index (χ1v) is 14.7. The highest BCUT2D eigenvalue weighted by molar-refractivity contribution is 5.91. The number of rotatable bonds is 11. The van der Waals surface area contributed by atoms with Gasteiger partial charge in [0.2, 0.25) is 0 Å². The van der Waals surface area contributed by atoms with E-state index in [4.69, 9.17) is 9.47 Å². The van der Waals surface area contributed by atoms with Crippen molar-refractivity contribution in [3.63, 3.8) is 0 Å². The van der Waals surface area contributed by atoms with E-state index in [1.54, 1.807) is 24.3 Å². The van der Waals surface area contributed by atoms with E-state index in [2.05, 4.69) is 6.92 Å². The number of ether oxygens (including phenoxy) is 2. The lowest BCUT2D eigenvalue weighted by atomic mass is 9.99. The van der Waals surface area contributed by atoms with Gasteiger partial charge in [-0.15, -0.1) is 0 Å². The maximum atomic E-state index is 15.0. The van der Waals surface area contributed by atoms with Crippen LogP contribution in [0.5, 0.6) is 11.5 Å². The Morgan fingerprint density at radius 3 is 1.87 bits per heavy atom. The van der Waals surface area contributed by atoms with Gasteiger partial charge >= 0.3 is 12.1 Å². The van der Waals surface area contributed by atoms with E-state index in [0.717, 1.165) is 49.4 Å². The average Bonchev–Trinajstić information content (AvgIpc) is 3.04. The Hall–Kier alpha value is -5.12. The van der Waals surface area contributed by atoms with Gasteiger partial charge in [-0.2, -0.15) is 8.78 Å². The number of unbranched alkanes of at least 4 members (excludes halogenated alkanes) is 2. The van der Waals surface area contributed by atoms with Crippen LogP contribution in [0.2, 0.25) is 0 Å². The van der Waals surface area contributed by atoms with Gasteiger partial charge in [0.1, 0.15) is 28.7 Å². The molecule has 0 radical (unpaired) electrons. The summed E-state index contributed by atoms with van der Waals surface area (Å²) in [5.41, 5.74) is 0.481. The van der Waals surface area contributed by atoms with Gasteiger partial charge in [0.05, 0.1) is 5.56 Å². The number of aryl methyl sites for hydroxylation is 1. The second-order valence-corrected chi connectivity index (χ2v) is 10.8. The fourth-order valence-corrected chi connectivity index (χ4v) is 4.91. The highest BCUT2D eigenvalue weighted by Crippen LogP contribution is 2.36. The van der Waals surface area contributed by atoms with Crippen LogP contribution in [0.3, 0.4) is 0 Å². The predicted molar refractivity (Wildman–Crippen MR) is 163 cm³/mol. The van der Waals surface area contributed by atoms with Crippen molar-refractivity contribution >= 4 is 5.97 Å². The molecule has 5 aromatic carbocycles. The Kier molecular flexibility index (Phi) is 9.98. The summed E-state index contributed by atoms with van der Waals surface area (Å²) in [5.74, 6) is -8.20. The second kappa shape index (κ2) is 14.1. The fourth-order valence-electron chi connectivity index (χ4n) is 4.91. The van der Waals surface area contributed by atoms with Crippen molar-refractivity contribution < 1.29 is 45.0 Å². The summed E-state index contributed by atoms with van der Waals surface area (Å²) >= 11 is 0. The van der Waals surface area contributed by atoms with E-state index in [0.29, 0.717) is 29.3 Å². The molecule has 10 heteroatoms. The van der Waals surface area contributed by atoms with E-state index < -0.39 is 46.7 Å². The fraction of sp³-hybridized carbons (Fsp3) is 0.162. The number of alkyl halides is 2. The Labute approximate surface area is 266 Å². The van der Waals surface area contributed by atoms with Gasteiger partial charge in [0.15, 0.2) is 17.5 Å². The van der Waals surface area contributed by atoms with Crippen LogP contribution >= 0.6 is 0 Å². The number of carbonyl (C=O) groups excluding carboxylic acids is 1. The van der Waals surface area contributed by atoms with Gasteiger partial charge in [-0.05, 0) is 89.7 Å². The van der Waals surface area contributed by atoms with Crippen LogP contribution < -0.4 is 9.47 Å². The zero-order valence-corrected chi connectivity index (χ0v) is 24.9. The minimum atomic E-state index is -4.12. The minimum absolute atomic E-state index is 0.180. The SMILES string of the molecule is CCCCCc1ccc(C(=O)Oc2ccc(C(F)(F)Oc3ccc(-c4ccc(-c5cc(F)c(F)c(F)c5)c(F)c4)cc3)c(F)c2)cc1. The van der Waals surface area contributed by atoms with Crippen molar-refractivity contribution in [3.05, 3.63) is 143 Å². The van der Waals surface area contributed by atoms with E-state index in [9.17, 15) is 35.5 Å². The topological polar surface area (TPSA) is 35.5 Å². The standard InChI is InChI=1S/C37H27F7O3/c1-2-3-4-5-22-6-8-24(9-7-22)36(45)46-28-15-17-30(32(39)21-28)37(43,44)47-27-13-10-23(11-14-27)25-12-16-29(31(38)18-25)26-19-33(40)35(42)34(41)20-26/h6-21H,2-5H2,1H3. The summed E-state index contributed by atoms with van der Waals surface area (Å²) in [5, 5.41) is 0. The van der Waals surface area contributed by atoms with E-state index >= 15 is 0 Å². The molecule has 0 heterocycles. The summed E-state index contributed by atoms with van der Waals surface area (Å²) in [6.07, 6.45) is -0.0338. The summed E-state index contributed by atoms with van der Waals surface area (Å²) in [7, 11) is 0. The second-order valence-electron chi connectivity index (χ2n) is 10.8. The lowest BCUT2D eigenvalue weighted by Gasteiger charge is -2.19. The lowest BCUT2D eigenvalue weighted by Crippen LogP contribution is -2.23. The van der Waals surface area contributed by atoms with Crippen LogP contribution in [0, 0.1) is 29.1 Å². The Morgan fingerprint density at radius 1 is 0.638 bits per heavy atom. The maximum absolute atomic E-state index is 15.0. The predicted octanol–water partition coefficient (Wildman–Crippen LogP) is 10.8. The third-order valence-corrected chi connectivity index (χ3v) is 7.42.